The van der Waals surface area contributed by atoms with Gasteiger partial charge in [0.15, 0.2) is 11.5 Å². The summed E-state index contributed by atoms with van der Waals surface area (Å²) in [5, 5.41) is 56.6. The van der Waals surface area contributed by atoms with Crippen molar-refractivity contribution < 1.29 is 72.3 Å². The number of phenolic OH excluding ortho intramolecular Hbond substituents is 4. The summed E-state index contributed by atoms with van der Waals surface area (Å²) in [7, 11) is -20.0. The van der Waals surface area contributed by atoms with Crippen LogP contribution in [-0.4, -0.2) is 191 Å². The molecule has 20 nitrogen and oxygen atoms in total. The van der Waals surface area contributed by atoms with Crippen LogP contribution < -0.4 is 0 Å². The van der Waals surface area contributed by atoms with Gasteiger partial charge in [0.05, 0.1) is 31.9 Å². The number of phenols is 4. The van der Waals surface area contributed by atoms with Crippen molar-refractivity contribution in [3.05, 3.63) is 83.9 Å². The van der Waals surface area contributed by atoms with Crippen molar-refractivity contribution in [3.8, 4) is 34.1 Å². The number of hydrogen-bond donors (Lipinski definition) is 8. The zero-order chi connectivity index (χ0) is 42.9. The molecule has 0 amide bonds. The first kappa shape index (κ1) is 56.0. The zero-order valence-electron chi connectivity index (χ0n) is 33.2. The standard InChI is InChI=1S/C34H26N4O16S4.4Na/c1-15-7-17(3-5-23(15)35-37-31-27(57(49,50)51)11-19-9-21(55(43,44)45)13-25(39)29(19)33(31)41)18-4-6-24(16(2)8-18)36-38-32-28(58(52,53)54)12-20-10-22(56(46,47)48)14-26(40)30(20)34(32)42;;;;/h3-14,39-42H,1-2H3,(H,43,44,45)(H,46,47,48)(H,49,50,51)(H,52,53,54);;;;. The first-order valence-electron chi connectivity index (χ1n) is 15.8. The van der Waals surface area contributed by atoms with Crippen molar-refractivity contribution in [1.82, 2.24) is 0 Å². The third-order valence-electron chi connectivity index (χ3n) is 8.60. The van der Waals surface area contributed by atoms with Crippen molar-refractivity contribution in [2.75, 3.05) is 0 Å². The second kappa shape index (κ2) is 20.6. The van der Waals surface area contributed by atoms with E-state index in [0.717, 1.165) is 24.3 Å². The van der Waals surface area contributed by atoms with Gasteiger partial charge < -0.3 is 20.4 Å². The maximum absolute atomic E-state index is 12.2. The van der Waals surface area contributed by atoms with E-state index in [0.29, 0.717) is 34.4 Å². The van der Waals surface area contributed by atoms with Gasteiger partial charge in [0.1, 0.15) is 32.7 Å². The Morgan fingerprint density at radius 2 is 0.742 bits per heavy atom. The van der Waals surface area contributed by atoms with Gasteiger partial charge in [0.2, 0.25) is 0 Å². The Bertz CT molecular complexity index is 3100. The summed E-state index contributed by atoms with van der Waals surface area (Å²) in [6.07, 6.45) is 0. The van der Waals surface area contributed by atoms with Crippen molar-refractivity contribution >= 4 is 203 Å². The molecular weight excluding hydrogens is 941 g/mol. The van der Waals surface area contributed by atoms with E-state index in [4.69, 9.17) is 0 Å². The summed E-state index contributed by atoms with van der Waals surface area (Å²) in [5.41, 5.74) is 0.869. The smallest absolute Gasteiger partial charge is 0.296 e. The number of aryl methyl sites for hydroxylation is 2. The maximum atomic E-state index is 12.2. The van der Waals surface area contributed by atoms with Crippen molar-refractivity contribution in [2.45, 2.75) is 33.4 Å². The van der Waals surface area contributed by atoms with E-state index in [1.54, 1.807) is 38.1 Å². The quantitative estimate of drug-likeness (QED) is 0.0511. The van der Waals surface area contributed by atoms with Crippen molar-refractivity contribution in [3.63, 3.8) is 0 Å². The predicted molar refractivity (Wildman–Crippen MR) is 227 cm³/mol. The third kappa shape index (κ3) is 11.8. The molecule has 0 bridgehead atoms. The predicted octanol–water partition coefficient (Wildman–Crippen LogP) is 5.39. The largest absolute Gasteiger partial charge is 0.507 e. The molecule has 0 saturated carbocycles. The van der Waals surface area contributed by atoms with E-state index in [-0.39, 0.29) is 140 Å². The fourth-order valence-corrected chi connectivity index (χ4v) is 8.25. The molecule has 6 aromatic rings. The summed E-state index contributed by atoms with van der Waals surface area (Å²) in [4.78, 5) is -3.63. The number of aromatic hydroxyl groups is 4. The van der Waals surface area contributed by atoms with Gasteiger partial charge >= 0.3 is 0 Å². The molecule has 0 unspecified atom stereocenters. The summed E-state index contributed by atoms with van der Waals surface area (Å²) in [6, 6.07) is 13.6. The normalized spacial score (nSPS) is 12.2. The van der Waals surface area contributed by atoms with E-state index >= 15 is 0 Å². The van der Waals surface area contributed by atoms with Crippen LogP contribution in [0.2, 0.25) is 0 Å². The maximum Gasteiger partial charge on any atom is 0.296 e. The van der Waals surface area contributed by atoms with E-state index in [9.17, 15) is 72.3 Å². The van der Waals surface area contributed by atoms with Gasteiger partial charge in [-0.15, -0.1) is 10.2 Å². The summed E-state index contributed by atoms with van der Waals surface area (Å²) in [5.74, 6) is -3.68. The Morgan fingerprint density at radius 3 is 1.02 bits per heavy atom. The molecule has 0 atom stereocenters. The van der Waals surface area contributed by atoms with Crippen molar-refractivity contribution in [1.29, 1.82) is 0 Å². The summed E-state index contributed by atoms with van der Waals surface area (Å²) < 4.78 is 134. The molecule has 6 aromatic carbocycles. The van der Waals surface area contributed by atoms with Crippen LogP contribution >= 0.6 is 0 Å². The van der Waals surface area contributed by atoms with Crippen molar-refractivity contribution in [2.24, 2.45) is 20.5 Å². The molecule has 0 aliphatic carbocycles. The molecule has 62 heavy (non-hydrogen) atoms. The van der Waals surface area contributed by atoms with Gasteiger partial charge in [-0.25, -0.2) is 0 Å². The first-order chi connectivity index (χ1) is 26.8. The Labute approximate surface area is 441 Å². The fraction of sp³-hybridized carbons (Fsp3) is 0.0588. The van der Waals surface area contributed by atoms with Crippen LogP contribution in [0.15, 0.2) is 113 Å². The first-order valence-corrected chi connectivity index (χ1v) is 21.5. The minimum Gasteiger partial charge on any atom is -0.507 e. The molecule has 0 aliphatic heterocycles. The topological polar surface area (TPSA) is 348 Å². The van der Waals surface area contributed by atoms with Crippen LogP contribution in [0.25, 0.3) is 32.7 Å². The molecule has 0 heterocycles. The molecule has 0 spiro atoms. The van der Waals surface area contributed by atoms with Gasteiger partial charge in [0, 0.05) is 130 Å². The third-order valence-corrected chi connectivity index (χ3v) is 12.0. The number of hydrogen-bond acceptors (Lipinski definition) is 16. The molecule has 0 saturated heterocycles. The second-order valence-electron chi connectivity index (χ2n) is 12.5. The Balaban J connectivity index is 0.00000331. The van der Waals surface area contributed by atoms with Gasteiger partial charge in [0.25, 0.3) is 40.5 Å². The molecule has 0 fully saturated rings. The molecule has 4 radical (unpaired) electrons. The number of fused-ring (bicyclic) bond motifs is 2. The van der Waals surface area contributed by atoms with Gasteiger partial charge in [-0.05, 0) is 95.4 Å². The summed E-state index contributed by atoms with van der Waals surface area (Å²) in [6.45, 7) is 3.23. The average molecular weight is 967 g/mol. The van der Waals surface area contributed by atoms with E-state index < -0.39 is 105 Å². The van der Waals surface area contributed by atoms with Crippen LogP contribution in [-0.2, 0) is 40.5 Å². The molecule has 6 rings (SSSR count). The number of benzene rings is 6. The SMILES string of the molecule is Cc1cc(-c2ccc(N=Nc3c(S(=O)(=O)O)cc4cc(S(=O)(=O)O)cc(O)c4c3O)c(C)c2)ccc1N=Nc1c(S(=O)(=O)O)cc2cc(S(=O)(=O)O)cc(O)c2c1O.[Na].[Na].[Na].[Na]. The molecule has 8 N–H and O–H groups in total. The van der Waals surface area contributed by atoms with Crippen LogP contribution in [0.3, 0.4) is 0 Å². The molecule has 28 heteroatoms. The van der Waals surface area contributed by atoms with Crippen LogP contribution in [0.4, 0.5) is 22.7 Å². The summed E-state index contributed by atoms with van der Waals surface area (Å²) >= 11 is 0. The minimum absolute atomic E-state index is 0. The van der Waals surface area contributed by atoms with Crippen LogP contribution in [0, 0.1) is 13.8 Å². The fourth-order valence-electron chi connectivity index (χ4n) is 5.86. The van der Waals surface area contributed by atoms with Crippen LogP contribution in [0.5, 0.6) is 23.0 Å². The number of azo groups is 2. The van der Waals surface area contributed by atoms with Gasteiger partial charge in [-0.3, -0.25) is 18.2 Å². The van der Waals surface area contributed by atoms with Crippen LogP contribution in [0.1, 0.15) is 11.1 Å². The number of nitrogens with zero attached hydrogens (tertiary/aromatic N) is 4. The van der Waals surface area contributed by atoms with E-state index in [2.05, 4.69) is 20.5 Å². The molecule has 306 valence electrons. The zero-order valence-corrected chi connectivity index (χ0v) is 44.5. The Hall–Kier alpha value is -2.12. The monoisotopic (exact) mass is 966 g/mol. The second-order valence-corrected chi connectivity index (χ2v) is 18.2. The number of rotatable bonds is 9. The molecular formula is C34H26N4Na4O16S4. The minimum atomic E-state index is -5.13. The van der Waals surface area contributed by atoms with E-state index in [1.807, 2.05) is 0 Å². The van der Waals surface area contributed by atoms with E-state index in [1.165, 1.54) is 12.1 Å². The average Bonchev–Trinajstić information content (AvgIpc) is 3.09. The Kier molecular flexibility index (Phi) is 18.6. The van der Waals surface area contributed by atoms with Gasteiger partial charge in [-0.1, -0.05) is 12.1 Å². The Morgan fingerprint density at radius 1 is 0.419 bits per heavy atom. The van der Waals surface area contributed by atoms with Gasteiger partial charge in [-0.2, -0.15) is 43.9 Å². The molecule has 0 aliphatic rings. The molecule has 0 aromatic heterocycles.